The second-order valence-electron chi connectivity index (χ2n) is 4.18. The molecule has 0 atom stereocenters. The number of benzene rings is 1. The van der Waals surface area contributed by atoms with Gasteiger partial charge in [0.25, 0.3) is 5.91 Å². The van der Waals surface area contributed by atoms with Crippen LogP contribution in [0.4, 0.5) is 23.8 Å². The summed E-state index contributed by atoms with van der Waals surface area (Å²) in [4.78, 5) is 30.0. The molecule has 0 saturated carbocycles. The zero-order valence-electron chi connectivity index (χ0n) is 11.2. The van der Waals surface area contributed by atoms with Gasteiger partial charge in [-0.1, -0.05) is 23.7 Å². The topological polar surface area (TPSA) is 84.0 Å². The lowest BCUT2D eigenvalue weighted by Gasteiger charge is -2.09. The van der Waals surface area contributed by atoms with Gasteiger partial charge in [0.15, 0.2) is 11.5 Å². The molecule has 0 spiro atoms. The minimum Gasteiger partial charge on any atom is -0.291 e. The number of urea groups is 1. The normalized spacial score (nSPS) is 11.0. The van der Waals surface area contributed by atoms with Crippen LogP contribution in [-0.4, -0.2) is 21.9 Å². The highest BCUT2D eigenvalue weighted by Crippen LogP contribution is 2.27. The van der Waals surface area contributed by atoms with Crippen LogP contribution in [0.5, 0.6) is 0 Å². The molecule has 0 bridgehead atoms. The van der Waals surface area contributed by atoms with E-state index >= 15 is 0 Å². The van der Waals surface area contributed by atoms with Crippen LogP contribution >= 0.6 is 11.6 Å². The van der Waals surface area contributed by atoms with Gasteiger partial charge >= 0.3 is 12.2 Å². The number of nitrogens with one attached hydrogen (secondary N) is 2. The van der Waals surface area contributed by atoms with Crippen molar-refractivity contribution in [1.29, 1.82) is 0 Å². The highest BCUT2D eigenvalue weighted by Gasteiger charge is 2.33. The summed E-state index contributed by atoms with van der Waals surface area (Å²) < 4.78 is 37.4. The molecule has 10 heteroatoms. The maximum atomic E-state index is 12.5. The number of halogens is 4. The molecule has 0 aliphatic heterocycles. The zero-order chi connectivity index (χ0) is 17.0. The molecule has 0 aliphatic rings. The first kappa shape index (κ1) is 16.7. The predicted octanol–water partition coefficient (Wildman–Crippen LogP) is 3.11. The molecule has 0 fully saturated rings. The molecule has 0 radical (unpaired) electrons. The SMILES string of the molecule is O=C(NC(=O)c1ccccc1Cl)Nc1cncc(C(F)(F)F)n1. The maximum absolute atomic E-state index is 12.5. The molecular weight excluding hydrogens is 337 g/mol. The summed E-state index contributed by atoms with van der Waals surface area (Å²) in [5, 5.41) is 4.03. The van der Waals surface area contributed by atoms with Gasteiger partial charge in [0.2, 0.25) is 0 Å². The molecule has 0 aliphatic carbocycles. The van der Waals surface area contributed by atoms with Gasteiger partial charge in [-0.2, -0.15) is 13.2 Å². The zero-order valence-corrected chi connectivity index (χ0v) is 11.9. The average molecular weight is 345 g/mol. The lowest BCUT2D eigenvalue weighted by molar-refractivity contribution is -0.141. The molecule has 1 aromatic carbocycles. The third kappa shape index (κ3) is 4.39. The summed E-state index contributed by atoms with van der Waals surface area (Å²) in [6, 6.07) is 4.90. The molecule has 3 amide bonds. The fourth-order valence-electron chi connectivity index (χ4n) is 1.53. The van der Waals surface area contributed by atoms with Gasteiger partial charge in [-0.15, -0.1) is 0 Å². The van der Waals surface area contributed by atoms with E-state index < -0.39 is 29.6 Å². The van der Waals surface area contributed by atoms with Gasteiger partial charge in [-0.25, -0.2) is 9.78 Å². The van der Waals surface area contributed by atoms with E-state index in [-0.39, 0.29) is 10.6 Å². The standard InChI is InChI=1S/C13H8ClF3N4O2/c14-8-4-2-1-3-7(8)11(22)21-12(23)20-10-6-18-5-9(19-10)13(15,16)17/h1-6H,(H2,19,20,21,22,23). The van der Waals surface area contributed by atoms with Gasteiger partial charge < -0.3 is 0 Å². The molecule has 0 saturated heterocycles. The fraction of sp³-hybridized carbons (Fsp3) is 0.0769. The number of hydrogen-bond donors (Lipinski definition) is 2. The van der Waals surface area contributed by atoms with E-state index in [4.69, 9.17) is 11.6 Å². The third-order valence-electron chi connectivity index (χ3n) is 2.51. The number of amides is 3. The first-order valence-electron chi connectivity index (χ1n) is 6.03. The highest BCUT2D eigenvalue weighted by molar-refractivity contribution is 6.34. The van der Waals surface area contributed by atoms with E-state index in [1.54, 1.807) is 6.07 Å². The van der Waals surface area contributed by atoms with Crippen LogP contribution in [0.2, 0.25) is 5.02 Å². The van der Waals surface area contributed by atoms with Gasteiger partial charge in [0.1, 0.15) is 0 Å². The fourth-order valence-corrected chi connectivity index (χ4v) is 1.75. The van der Waals surface area contributed by atoms with Crippen molar-refractivity contribution in [3.8, 4) is 0 Å². The van der Waals surface area contributed by atoms with Crippen LogP contribution in [0, 0.1) is 0 Å². The van der Waals surface area contributed by atoms with Crippen molar-refractivity contribution in [2.24, 2.45) is 0 Å². The van der Waals surface area contributed by atoms with Crippen LogP contribution in [0.15, 0.2) is 36.7 Å². The number of alkyl halides is 3. The Morgan fingerprint density at radius 2 is 1.83 bits per heavy atom. The van der Waals surface area contributed by atoms with Gasteiger partial charge in [0, 0.05) is 0 Å². The van der Waals surface area contributed by atoms with Crippen molar-refractivity contribution in [1.82, 2.24) is 15.3 Å². The number of carbonyl (C=O) groups is 2. The largest absolute Gasteiger partial charge is 0.434 e. The van der Waals surface area contributed by atoms with Crippen molar-refractivity contribution in [2.45, 2.75) is 6.18 Å². The third-order valence-corrected chi connectivity index (χ3v) is 2.84. The Morgan fingerprint density at radius 1 is 1.13 bits per heavy atom. The van der Waals surface area contributed by atoms with Crippen molar-refractivity contribution in [3.05, 3.63) is 52.9 Å². The summed E-state index contributed by atoms with van der Waals surface area (Å²) in [6.45, 7) is 0. The average Bonchev–Trinajstić information content (AvgIpc) is 2.46. The molecule has 2 aromatic rings. The maximum Gasteiger partial charge on any atom is 0.434 e. The Balaban J connectivity index is 2.06. The lowest BCUT2D eigenvalue weighted by atomic mass is 10.2. The van der Waals surface area contributed by atoms with E-state index in [0.29, 0.717) is 6.20 Å². The number of rotatable bonds is 2. The number of nitrogens with zero attached hydrogens (tertiary/aromatic N) is 2. The summed E-state index contributed by atoms with van der Waals surface area (Å²) in [7, 11) is 0. The molecule has 1 heterocycles. The minimum atomic E-state index is -4.70. The van der Waals surface area contributed by atoms with Crippen molar-refractivity contribution >= 4 is 29.4 Å². The first-order valence-corrected chi connectivity index (χ1v) is 6.41. The molecule has 2 rings (SSSR count). The highest BCUT2D eigenvalue weighted by atomic mass is 35.5. The summed E-state index contributed by atoms with van der Waals surface area (Å²) >= 11 is 5.79. The molecule has 23 heavy (non-hydrogen) atoms. The van der Waals surface area contributed by atoms with E-state index in [0.717, 1.165) is 6.20 Å². The minimum absolute atomic E-state index is 0.0412. The number of hydrogen-bond acceptors (Lipinski definition) is 4. The summed E-state index contributed by atoms with van der Waals surface area (Å²) in [5.74, 6) is -1.27. The molecule has 2 N–H and O–H groups in total. The van der Waals surface area contributed by atoms with Crippen LogP contribution in [0.1, 0.15) is 16.1 Å². The smallest absolute Gasteiger partial charge is 0.291 e. The van der Waals surface area contributed by atoms with Crippen LogP contribution in [-0.2, 0) is 6.18 Å². The Hall–Kier alpha value is -2.68. The van der Waals surface area contributed by atoms with E-state index in [9.17, 15) is 22.8 Å². The number of aromatic nitrogens is 2. The molecule has 1 aromatic heterocycles. The van der Waals surface area contributed by atoms with Crippen LogP contribution < -0.4 is 10.6 Å². The molecule has 0 unspecified atom stereocenters. The Kier molecular flexibility index (Phi) is 4.80. The first-order chi connectivity index (χ1) is 10.8. The Bertz CT molecular complexity index is 752. The lowest BCUT2D eigenvalue weighted by Crippen LogP contribution is -2.34. The van der Waals surface area contributed by atoms with Crippen molar-refractivity contribution in [3.63, 3.8) is 0 Å². The van der Waals surface area contributed by atoms with Crippen molar-refractivity contribution in [2.75, 3.05) is 5.32 Å². The summed E-state index contributed by atoms with van der Waals surface area (Å²) in [6.07, 6.45) is -3.28. The van der Waals surface area contributed by atoms with Crippen LogP contribution in [0.3, 0.4) is 0 Å². The molecular formula is C13H8ClF3N4O2. The van der Waals surface area contributed by atoms with E-state index in [2.05, 4.69) is 9.97 Å². The second kappa shape index (κ2) is 6.61. The number of carbonyl (C=O) groups excluding carboxylic acids is 2. The van der Waals surface area contributed by atoms with Crippen LogP contribution in [0.25, 0.3) is 0 Å². The van der Waals surface area contributed by atoms with Gasteiger partial charge in [-0.05, 0) is 12.1 Å². The Morgan fingerprint density at radius 3 is 2.48 bits per heavy atom. The quantitative estimate of drug-likeness (QED) is 0.876. The second-order valence-corrected chi connectivity index (χ2v) is 4.58. The van der Waals surface area contributed by atoms with E-state index in [1.807, 2.05) is 10.6 Å². The van der Waals surface area contributed by atoms with E-state index in [1.165, 1.54) is 18.2 Å². The molecule has 6 nitrogen and oxygen atoms in total. The predicted molar refractivity (Wildman–Crippen MR) is 75.0 cm³/mol. The number of imide groups is 1. The Labute approximate surface area is 132 Å². The van der Waals surface area contributed by atoms with Crippen molar-refractivity contribution < 1.29 is 22.8 Å². The molecule has 120 valence electrons. The monoisotopic (exact) mass is 344 g/mol. The number of anilines is 1. The van der Waals surface area contributed by atoms with Gasteiger partial charge in [0.05, 0.1) is 23.0 Å². The van der Waals surface area contributed by atoms with Gasteiger partial charge in [-0.3, -0.25) is 20.4 Å². The summed E-state index contributed by atoms with van der Waals surface area (Å²) in [5.41, 5.74) is -1.23.